The second-order valence-corrected chi connectivity index (χ2v) is 11.7. The zero-order chi connectivity index (χ0) is 30.8. The Bertz CT molecular complexity index is 2110. The average molecular weight is 581 g/mol. The SMILES string of the molecule is C=C1/C=C\C=C/N(c2ccccc2)/C=C\C(c2cccc3c4ccccc4n(-c4cccc(-c5ccccc5)c4)c23)C(C)C1=C. The molecule has 0 bridgehead atoms. The molecule has 0 radical (unpaired) electrons. The van der Waals surface area contributed by atoms with Crippen LogP contribution < -0.4 is 4.90 Å². The molecule has 1 aliphatic rings. The fourth-order valence-corrected chi connectivity index (χ4v) is 6.51. The predicted molar refractivity (Wildman–Crippen MR) is 193 cm³/mol. The molecular formula is C43H36N2. The first-order valence-electron chi connectivity index (χ1n) is 15.5. The molecule has 0 aliphatic carbocycles. The lowest BCUT2D eigenvalue weighted by Gasteiger charge is -2.26. The summed E-state index contributed by atoms with van der Waals surface area (Å²) in [7, 11) is 0. The van der Waals surface area contributed by atoms with Crippen LogP contribution in [-0.2, 0) is 0 Å². The smallest absolute Gasteiger partial charge is 0.0579 e. The van der Waals surface area contributed by atoms with Crippen LogP contribution in [0.5, 0.6) is 0 Å². The number of fused-ring (bicyclic) bond motifs is 3. The molecule has 2 heteroatoms. The van der Waals surface area contributed by atoms with Gasteiger partial charge in [0.2, 0.25) is 0 Å². The van der Waals surface area contributed by atoms with Gasteiger partial charge in [-0.2, -0.15) is 0 Å². The van der Waals surface area contributed by atoms with Gasteiger partial charge < -0.3 is 9.47 Å². The number of aromatic nitrogens is 1. The van der Waals surface area contributed by atoms with E-state index in [0.29, 0.717) is 0 Å². The summed E-state index contributed by atoms with van der Waals surface area (Å²) in [5.74, 6) is 0.131. The first kappa shape index (κ1) is 28.2. The molecule has 45 heavy (non-hydrogen) atoms. The highest BCUT2D eigenvalue weighted by Gasteiger charge is 2.26. The molecule has 2 atom stereocenters. The first-order chi connectivity index (χ1) is 22.1. The highest BCUT2D eigenvalue weighted by molar-refractivity contribution is 6.10. The summed E-state index contributed by atoms with van der Waals surface area (Å²) in [4.78, 5) is 2.18. The first-order valence-corrected chi connectivity index (χ1v) is 15.5. The molecule has 6 aromatic rings. The van der Waals surface area contributed by atoms with Crippen LogP contribution in [0.3, 0.4) is 0 Å². The highest BCUT2D eigenvalue weighted by Crippen LogP contribution is 2.42. The summed E-state index contributed by atoms with van der Waals surface area (Å²) in [5.41, 5.74) is 10.3. The van der Waals surface area contributed by atoms with Gasteiger partial charge in [-0.25, -0.2) is 0 Å². The van der Waals surface area contributed by atoms with Crippen LogP contribution in [0.2, 0.25) is 0 Å². The van der Waals surface area contributed by atoms with E-state index in [1.807, 2.05) is 12.1 Å². The number of hydrogen-bond acceptors (Lipinski definition) is 1. The fraction of sp³-hybridized carbons (Fsp3) is 0.0698. The van der Waals surface area contributed by atoms with Crippen LogP contribution in [0, 0.1) is 5.92 Å². The quantitative estimate of drug-likeness (QED) is 0.201. The molecule has 7 rings (SSSR count). The molecule has 0 spiro atoms. The Labute approximate surface area is 265 Å². The topological polar surface area (TPSA) is 8.17 Å². The van der Waals surface area contributed by atoms with Gasteiger partial charge in [0, 0.05) is 40.5 Å². The number of benzene rings is 5. The van der Waals surface area contributed by atoms with Crippen LogP contribution >= 0.6 is 0 Å². The summed E-state index contributed by atoms with van der Waals surface area (Å²) in [5, 5.41) is 2.49. The summed E-state index contributed by atoms with van der Waals surface area (Å²) in [6.45, 7) is 11.2. The van der Waals surface area contributed by atoms with Crippen molar-refractivity contribution < 1.29 is 0 Å². The minimum Gasteiger partial charge on any atom is -0.324 e. The highest BCUT2D eigenvalue weighted by atomic mass is 15.1. The van der Waals surface area contributed by atoms with Crippen molar-refractivity contribution in [2.45, 2.75) is 12.8 Å². The molecule has 0 amide bonds. The second-order valence-electron chi connectivity index (χ2n) is 11.7. The van der Waals surface area contributed by atoms with Crippen molar-refractivity contribution in [1.29, 1.82) is 0 Å². The van der Waals surface area contributed by atoms with E-state index < -0.39 is 0 Å². The second kappa shape index (κ2) is 12.2. The van der Waals surface area contributed by atoms with Crippen molar-refractivity contribution in [2.24, 2.45) is 5.92 Å². The summed E-state index contributed by atoms with van der Waals surface area (Å²) >= 11 is 0. The van der Waals surface area contributed by atoms with Crippen LogP contribution in [0.25, 0.3) is 38.6 Å². The van der Waals surface area contributed by atoms with Gasteiger partial charge in [-0.3, -0.25) is 0 Å². The van der Waals surface area contributed by atoms with Crippen molar-refractivity contribution in [3.8, 4) is 16.8 Å². The molecule has 0 N–H and O–H groups in total. The van der Waals surface area contributed by atoms with E-state index in [4.69, 9.17) is 0 Å². The average Bonchev–Trinajstić information content (AvgIpc) is 3.43. The summed E-state index contributed by atoms with van der Waals surface area (Å²) in [6.07, 6.45) is 12.8. The monoisotopic (exact) mass is 580 g/mol. The van der Waals surface area contributed by atoms with Crippen LogP contribution in [0.15, 0.2) is 188 Å². The maximum Gasteiger partial charge on any atom is 0.0579 e. The van der Waals surface area contributed by atoms with Gasteiger partial charge in [0.25, 0.3) is 0 Å². The number of anilines is 1. The Morgan fingerprint density at radius 2 is 1.27 bits per heavy atom. The molecule has 218 valence electrons. The van der Waals surface area contributed by atoms with Gasteiger partial charge >= 0.3 is 0 Å². The van der Waals surface area contributed by atoms with Crippen LogP contribution in [-0.4, -0.2) is 4.57 Å². The molecular weight excluding hydrogens is 544 g/mol. The maximum atomic E-state index is 4.55. The Morgan fingerprint density at radius 1 is 0.600 bits per heavy atom. The lowest BCUT2D eigenvalue weighted by atomic mass is 9.80. The third-order valence-electron chi connectivity index (χ3n) is 8.96. The van der Waals surface area contributed by atoms with Gasteiger partial charge in [0.15, 0.2) is 0 Å². The lowest BCUT2D eigenvalue weighted by Crippen LogP contribution is -2.14. The standard InChI is InChI=1S/C43H36N2/c1-31-16-12-13-28-44(36-20-8-5-9-21-36)29-27-38(33(3)32(31)2)40-24-15-25-41-39-23-10-11-26-42(39)45(43(40)41)37-22-14-19-35(30-37)34-17-6-4-7-18-34/h4-30,33,38H,1-2H2,3H3/b16-12-,28-13-,29-27-. The van der Waals surface area contributed by atoms with Gasteiger partial charge in [0.1, 0.15) is 0 Å². The van der Waals surface area contributed by atoms with Crippen molar-refractivity contribution in [3.63, 3.8) is 0 Å². The van der Waals surface area contributed by atoms with E-state index in [1.54, 1.807) is 0 Å². The van der Waals surface area contributed by atoms with Crippen molar-refractivity contribution in [3.05, 3.63) is 194 Å². The molecule has 5 aromatic carbocycles. The van der Waals surface area contributed by atoms with E-state index in [1.165, 1.54) is 38.5 Å². The van der Waals surface area contributed by atoms with Crippen LogP contribution in [0.1, 0.15) is 18.4 Å². The maximum absolute atomic E-state index is 4.55. The Morgan fingerprint density at radius 3 is 2.09 bits per heavy atom. The number of rotatable bonds is 4. The zero-order valence-corrected chi connectivity index (χ0v) is 25.6. The number of allylic oxidation sites excluding steroid dienone is 6. The van der Waals surface area contributed by atoms with Gasteiger partial charge in [-0.1, -0.05) is 135 Å². The molecule has 0 saturated heterocycles. The van der Waals surface area contributed by atoms with Gasteiger partial charge in [-0.05, 0) is 70.2 Å². The third kappa shape index (κ3) is 5.36. The number of hydrogen-bond donors (Lipinski definition) is 0. The number of nitrogens with zero attached hydrogens (tertiary/aromatic N) is 2. The summed E-state index contributed by atoms with van der Waals surface area (Å²) < 4.78 is 2.45. The lowest BCUT2D eigenvalue weighted by molar-refractivity contribution is 0.617. The van der Waals surface area contributed by atoms with E-state index in [-0.39, 0.29) is 11.8 Å². The molecule has 0 saturated carbocycles. The van der Waals surface area contributed by atoms with E-state index in [0.717, 1.165) is 22.5 Å². The molecule has 1 aliphatic heterocycles. The van der Waals surface area contributed by atoms with Gasteiger partial charge in [-0.15, -0.1) is 0 Å². The molecule has 0 fully saturated rings. The van der Waals surface area contributed by atoms with Crippen molar-refractivity contribution in [2.75, 3.05) is 4.90 Å². The zero-order valence-electron chi connectivity index (χ0n) is 25.6. The molecule has 1 aromatic heterocycles. The normalized spacial score (nSPS) is 19.4. The Hall–Kier alpha value is -5.60. The number of para-hydroxylation sites is 3. The van der Waals surface area contributed by atoms with Gasteiger partial charge in [0.05, 0.1) is 11.0 Å². The Balaban J connectivity index is 1.47. The predicted octanol–water partition coefficient (Wildman–Crippen LogP) is 11.4. The summed E-state index contributed by atoms with van der Waals surface area (Å²) in [6, 6.07) is 45.4. The minimum atomic E-state index is 0.0319. The van der Waals surface area contributed by atoms with E-state index in [2.05, 4.69) is 182 Å². The van der Waals surface area contributed by atoms with Crippen molar-refractivity contribution >= 4 is 27.5 Å². The van der Waals surface area contributed by atoms with E-state index >= 15 is 0 Å². The Kier molecular flexibility index (Phi) is 7.63. The van der Waals surface area contributed by atoms with Crippen molar-refractivity contribution in [1.82, 2.24) is 4.57 Å². The van der Waals surface area contributed by atoms with E-state index in [9.17, 15) is 0 Å². The fourth-order valence-electron chi connectivity index (χ4n) is 6.51. The minimum absolute atomic E-state index is 0.0319. The largest absolute Gasteiger partial charge is 0.324 e. The molecule has 2 unspecified atom stereocenters. The van der Waals surface area contributed by atoms with Crippen LogP contribution in [0.4, 0.5) is 5.69 Å². The molecule has 2 heterocycles. The third-order valence-corrected chi connectivity index (χ3v) is 8.96. The molecule has 2 nitrogen and oxygen atoms in total.